The number of benzene rings is 1. The fourth-order valence-electron chi connectivity index (χ4n) is 2.79. The summed E-state index contributed by atoms with van der Waals surface area (Å²) in [6.45, 7) is 8.98. The highest BCUT2D eigenvalue weighted by Crippen LogP contribution is 2.29. The maximum Gasteiger partial charge on any atom is 0.0996 e. The molecule has 1 unspecified atom stereocenters. The van der Waals surface area contributed by atoms with Gasteiger partial charge in [-0.15, -0.1) is 0 Å². The zero-order chi connectivity index (χ0) is 15.7. The molecule has 1 aliphatic rings. The first-order valence-corrected chi connectivity index (χ1v) is 7.48. The lowest BCUT2D eigenvalue weighted by Gasteiger charge is -2.18. The molecular formula is C18H22N4. The summed E-state index contributed by atoms with van der Waals surface area (Å²) in [5.74, 6) is 0. The Morgan fingerprint density at radius 2 is 2.05 bits per heavy atom. The minimum atomic E-state index is 0.214. The lowest BCUT2D eigenvalue weighted by atomic mass is 9.96. The van der Waals surface area contributed by atoms with Crippen LogP contribution < -0.4 is 10.9 Å². The first kappa shape index (κ1) is 14.9. The number of nitrogens with zero attached hydrogens (tertiary/aromatic N) is 2. The fraction of sp³-hybridized carbons (Fsp3) is 0.278. The molecule has 4 nitrogen and oxygen atoms in total. The Hall–Kier alpha value is -2.01. The summed E-state index contributed by atoms with van der Waals surface area (Å²) in [7, 11) is 2.09. The Morgan fingerprint density at radius 3 is 2.64 bits per heavy atom. The molecule has 0 radical (unpaired) electrons. The summed E-state index contributed by atoms with van der Waals surface area (Å²) in [6, 6.07) is 10.7. The van der Waals surface area contributed by atoms with Crippen LogP contribution in [0.25, 0.3) is 16.7 Å². The Kier molecular flexibility index (Phi) is 4.07. The Labute approximate surface area is 131 Å². The molecule has 22 heavy (non-hydrogen) atoms. The quantitative estimate of drug-likeness (QED) is 0.912. The molecule has 0 spiro atoms. The SMILES string of the molecule is C=C(C)c1cc(C)ncc1-c1ccc(C2NNCN2C)cc1. The van der Waals surface area contributed by atoms with E-state index in [4.69, 9.17) is 0 Å². The lowest BCUT2D eigenvalue weighted by Crippen LogP contribution is -2.26. The number of hydrazine groups is 1. The van der Waals surface area contributed by atoms with Crippen molar-refractivity contribution >= 4 is 5.57 Å². The molecule has 2 heterocycles. The summed E-state index contributed by atoms with van der Waals surface area (Å²) in [5.41, 5.74) is 13.2. The third-order valence-electron chi connectivity index (χ3n) is 4.05. The highest BCUT2D eigenvalue weighted by Gasteiger charge is 2.21. The highest BCUT2D eigenvalue weighted by molar-refractivity contribution is 5.79. The molecule has 2 N–H and O–H groups in total. The normalized spacial score (nSPS) is 18.6. The van der Waals surface area contributed by atoms with E-state index in [2.05, 4.69) is 64.7 Å². The molecule has 1 aromatic carbocycles. The van der Waals surface area contributed by atoms with Crippen molar-refractivity contribution in [1.82, 2.24) is 20.7 Å². The zero-order valence-electron chi connectivity index (χ0n) is 13.4. The van der Waals surface area contributed by atoms with Crippen LogP contribution >= 0.6 is 0 Å². The van der Waals surface area contributed by atoms with Crippen LogP contribution in [0.5, 0.6) is 0 Å². The number of pyridine rings is 1. The van der Waals surface area contributed by atoms with Crippen molar-refractivity contribution in [2.24, 2.45) is 0 Å². The first-order chi connectivity index (χ1) is 10.6. The van der Waals surface area contributed by atoms with Gasteiger partial charge in [-0.2, -0.15) is 0 Å². The van der Waals surface area contributed by atoms with E-state index in [0.717, 1.165) is 29.1 Å². The minimum Gasteiger partial charge on any atom is -0.272 e. The van der Waals surface area contributed by atoms with Gasteiger partial charge in [0.2, 0.25) is 0 Å². The van der Waals surface area contributed by atoms with Crippen molar-refractivity contribution in [1.29, 1.82) is 0 Å². The molecule has 1 fully saturated rings. The number of rotatable bonds is 3. The number of nitrogens with one attached hydrogen (secondary N) is 2. The van der Waals surface area contributed by atoms with Crippen molar-refractivity contribution in [3.05, 3.63) is 59.9 Å². The van der Waals surface area contributed by atoms with Gasteiger partial charge < -0.3 is 0 Å². The Bertz CT molecular complexity index is 691. The molecule has 4 heteroatoms. The van der Waals surface area contributed by atoms with Crippen LogP contribution in [0.4, 0.5) is 0 Å². The maximum absolute atomic E-state index is 4.44. The van der Waals surface area contributed by atoms with Gasteiger partial charge in [-0.1, -0.05) is 36.4 Å². The van der Waals surface area contributed by atoms with Crippen LogP contribution in [-0.2, 0) is 0 Å². The second-order valence-electron chi connectivity index (χ2n) is 5.91. The molecule has 0 amide bonds. The summed E-state index contributed by atoms with van der Waals surface area (Å²) in [4.78, 5) is 6.66. The lowest BCUT2D eigenvalue weighted by molar-refractivity contribution is 0.301. The highest BCUT2D eigenvalue weighted by atomic mass is 15.6. The van der Waals surface area contributed by atoms with Crippen LogP contribution in [0, 0.1) is 6.92 Å². The number of aryl methyl sites for hydroxylation is 1. The monoisotopic (exact) mass is 294 g/mol. The number of hydrogen-bond donors (Lipinski definition) is 2. The van der Waals surface area contributed by atoms with E-state index in [9.17, 15) is 0 Å². The molecule has 1 atom stereocenters. The molecule has 0 aliphatic carbocycles. The average molecular weight is 294 g/mol. The van der Waals surface area contributed by atoms with Crippen molar-refractivity contribution in [3.63, 3.8) is 0 Å². The molecule has 1 saturated heterocycles. The maximum atomic E-state index is 4.44. The van der Waals surface area contributed by atoms with Crippen LogP contribution in [0.2, 0.25) is 0 Å². The van der Waals surface area contributed by atoms with E-state index in [1.807, 2.05) is 20.0 Å². The standard InChI is InChI=1S/C18H22N4/c1-12(2)16-9-13(3)19-10-17(16)14-5-7-15(8-6-14)18-21-20-11-22(18)4/h5-10,18,20-21H,1,11H2,2-4H3. The van der Waals surface area contributed by atoms with Gasteiger partial charge >= 0.3 is 0 Å². The van der Waals surface area contributed by atoms with Crippen LogP contribution in [-0.4, -0.2) is 23.6 Å². The van der Waals surface area contributed by atoms with E-state index in [1.165, 1.54) is 11.1 Å². The van der Waals surface area contributed by atoms with Crippen LogP contribution in [0.1, 0.15) is 29.9 Å². The second kappa shape index (κ2) is 6.01. The van der Waals surface area contributed by atoms with E-state index in [0.29, 0.717) is 0 Å². The summed E-state index contributed by atoms with van der Waals surface area (Å²) >= 11 is 0. The molecular weight excluding hydrogens is 272 g/mol. The minimum absolute atomic E-state index is 0.214. The van der Waals surface area contributed by atoms with Crippen molar-refractivity contribution in [2.45, 2.75) is 20.0 Å². The number of aromatic nitrogens is 1. The third-order valence-corrected chi connectivity index (χ3v) is 4.05. The van der Waals surface area contributed by atoms with Crippen molar-refractivity contribution in [2.75, 3.05) is 13.7 Å². The van der Waals surface area contributed by atoms with E-state index in [-0.39, 0.29) is 6.17 Å². The van der Waals surface area contributed by atoms with Gasteiger partial charge in [0.05, 0.1) is 12.8 Å². The average Bonchev–Trinajstić information content (AvgIpc) is 2.93. The van der Waals surface area contributed by atoms with Crippen LogP contribution in [0.15, 0.2) is 43.1 Å². The summed E-state index contributed by atoms with van der Waals surface area (Å²) in [5, 5.41) is 0. The van der Waals surface area contributed by atoms with Gasteiger partial charge in [-0.05, 0) is 43.7 Å². The van der Waals surface area contributed by atoms with Crippen molar-refractivity contribution < 1.29 is 0 Å². The third kappa shape index (κ3) is 2.81. The first-order valence-electron chi connectivity index (χ1n) is 7.48. The topological polar surface area (TPSA) is 40.2 Å². The van der Waals surface area contributed by atoms with Gasteiger partial charge in [-0.3, -0.25) is 9.88 Å². The molecule has 3 rings (SSSR count). The second-order valence-corrected chi connectivity index (χ2v) is 5.91. The summed E-state index contributed by atoms with van der Waals surface area (Å²) < 4.78 is 0. The zero-order valence-corrected chi connectivity index (χ0v) is 13.4. The summed E-state index contributed by atoms with van der Waals surface area (Å²) in [6.07, 6.45) is 2.15. The molecule has 2 aromatic rings. The predicted molar refractivity (Wildman–Crippen MR) is 90.8 cm³/mol. The molecule has 0 bridgehead atoms. The Morgan fingerprint density at radius 1 is 1.32 bits per heavy atom. The fourth-order valence-corrected chi connectivity index (χ4v) is 2.79. The smallest absolute Gasteiger partial charge is 0.0996 e. The molecule has 0 saturated carbocycles. The van der Waals surface area contributed by atoms with E-state index < -0.39 is 0 Å². The van der Waals surface area contributed by atoms with E-state index in [1.54, 1.807) is 0 Å². The van der Waals surface area contributed by atoms with Gasteiger partial charge in [0, 0.05) is 17.5 Å². The molecule has 114 valence electrons. The number of allylic oxidation sites excluding steroid dienone is 1. The van der Waals surface area contributed by atoms with E-state index >= 15 is 0 Å². The van der Waals surface area contributed by atoms with Gasteiger partial charge in [-0.25, -0.2) is 10.9 Å². The van der Waals surface area contributed by atoms with Gasteiger partial charge in [0.15, 0.2) is 0 Å². The molecule has 1 aromatic heterocycles. The Balaban J connectivity index is 1.95. The predicted octanol–water partition coefficient (Wildman–Crippen LogP) is 3.09. The van der Waals surface area contributed by atoms with Gasteiger partial charge in [0.1, 0.15) is 0 Å². The largest absolute Gasteiger partial charge is 0.272 e. The van der Waals surface area contributed by atoms with Crippen molar-refractivity contribution in [3.8, 4) is 11.1 Å². The number of hydrogen-bond acceptors (Lipinski definition) is 4. The van der Waals surface area contributed by atoms with Gasteiger partial charge in [0.25, 0.3) is 0 Å². The van der Waals surface area contributed by atoms with Crippen LogP contribution in [0.3, 0.4) is 0 Å². The molecule has 1 aliphatic heterocycles.